The largest absolute Gasteiger partial charge is 0.456 e. The van der Waals surface area contributed by atoms with Gasteiger partial charge in [-0.1, -0.05) is 146 Å². The third-order valence-electron chi connectivity index (χ3n) is 10.0. The summed E-state index contributed by atoms with van der Waals surface area (Å²) in [5, 5.41) is 3.73. The lowest BCUT2D eigenvalue weighted by atomic mass is 10.0. The minimum atomic E-state index is 0.512. The van der Waals surface area contributed by atoms with E-state index >= 15 is 0 Å². The van der Waals surface area contributed by atoms with E-state index in [1.54, 1.807) is 0 Å². The Morgan fingerprint density at radius 3 is 1.21 bits per heavy atom. The van der Waals surface area contributed by atoms with Crippen molar-refractivity contribution in [2.45, 2.75) is 0 Å². The van der Waals surface area contributed by atoms with Crippen LogP contribution in [0.3, 0.4) is 0 Å². The third-order valence-corrected chi connectivity index (χ3v) is 10.0. The standard InChI is InChI=1S/C48H28N6O2/c1-4-15-29(16-5-1)43-49-44(30-17-6-2-7-18-30)53-48(52-43)36-25-12-22-33-41-35(24-14-28-39(41)56-42(33)36)47-51-45(31-19-8-3-9-20-31)50-46(54-47)34-23-13-27-38-40(34)32-21-10-11-26-37(32)55-38/h1-28H. The first-order valence-electron chi connectivity index (χ1n) is 18.3. The second kappa shape index (κ2) is 12.9. The molecule has 56 heavy (non-hydrogen) atoms. The molecule has 4 aromatic heterocycles. The van der Waals surface area contributed by atoms with Gasteiger partial charge < -0.3 is 8.83 Å². The van der Waals surface area contributed by atoms with E-state index in [2.05, 4.69) is 12.1 Å². The fraction of sp³-hybridized carbons (Fsp3) is 0. The quantitative estimate of drug-likeness (QED) is 0.167. The molecule has 0 amide bonds. The number of rotatable bonds is 6. The summed E-state index contributed by atoms with van der Waals surface area (Å²) in [7, 11) is 0. The summed E-state index contributed by atoms with van der Waals surface area (Å²) in [5.41, 5.74) is 8.02. The zero-order valence-corrected chi connectivity index (χ0v) is 29.7. The van der Waals surface area contributed by atoms with Crippen LogP contribution in [-0.4, -0.2) is 29.9 Å². The van der Waals surface area contributed by atoms with Crippen molar-refractivity contribution in [2.75, 3.05) is 0 Å². The van der Waals surface area contributed by atoms with Gasteiger partial charge in [-0.15, -0.1) is 0 Å². The van der Waals surface area contributed by atoms with Crippen LogP contribution in [0.4, 0.5) is 0 Å². The zero-order chi connectivity index (χ0) is 37.0. The Morgan fingerprint density at radius 1 is 0.268 bits per heavy atom. The van der Waals surface area contributed by atoms with Gasteiger partial charge in [0.15, 0.2) is 34.9 Å². The lowest BCUT2D eigenvalue weighted by Crippen LogP contribution is -2.00. The molecule has 0 aliphatic carbocycles. The maximum Gasteiger partial charge on any atom is 0.167 e. The van der Waals surface area contributed by atoms with Gasteiger partial charge in [0.25, 0.3) is 0 Å². The molecule has 0 aliphatic heterocycles. The number of hydrogen-bond acceptors (Lipinski definition) is 8. The predicted molar refractivity (Wildman–Crippen MR) is 220 cm³/mol. The molecular weight excluding hydrogens is 693 g/mol. The van der Waals surface area contributed by atoms with Crippen LogP contribution in [0.15, 0.2) is 179 Å². The maximum atomic E-state index is 6.73. The van der Waals surface area contributed by atoms with Crippen molar-refractivity contribution < 1.29 is 8.83 Å². The van der Waals surface area contributed by atoms with Crippen LogP contribution in [0.5, 0.6) is 0 Å². The number of aromatic nitrogens is 6. The Kier molecular flexibility index (Phi) is 7.31. The summed E-state index contributed by atoms with van der Waals surface area (Å²) in [6.45, 7) is 0. The molecule has 0 spiro atoms. The molecule has 0 atom stereocenters. The first-order valence-corrected chi connectivity index (χ1v) is 18.3. The van der Waals surface area contributed by atoms with Crippen LogP contribution in [0, 0.1) is 0 Å². The SMILES string of the molecule is c1ccc(-c2nc(-c3ccccc3)nc(-c3cccc4c3oc3cccc(-c5nc(-c6ccccc6)nc(-c6cccc7oc8ccccc8c67)n5)c34)n2)cc1. The van der Waals surface area contributed by atoms with Crippen LogP contribution in [0.2, 0.25) is 0 Å². The van der Waals surface area contributed by atoms with E-state index in [0.29, 0.717) is 46.1 Å². The predicted octanol–water partition coefficient (Wildman–Crippen LogP) is 11.9. The number of furan rings is 2. The smallest absolute Gasteiger partial charge is 0.167 e. The second-order valence-corrected chi connectivity index (χ2v) is 13.5. The molecule has 7 aromatic carbocycles. The summed E-state index contributed by atoms with van der Waals surface area (Å²) in [6, 6.07) is 56.0. The van der Waals surface area contributed by atoms with Gasteiger partial charge in [0.1, 0.15) is 22.3 Å². The van der Waals surface area contributed by atoms with Crippen LogP contribution < -0.4 is 0 Å². The zero-order valence-electron chi connectivity index (χ0n) is 29.7. The molecule has 0 unspecified atom stereocenters. The Labute approximate surface area is 319 Å². The van der Waals surface area contributed by atoms with Crippen molar-refractivity contribution in [2.24, 2.45) is 0 Å². The van der Waals surface area contributed by atoms with Gasteiger partial charge in [0.2, 0.25) is 0 Å². The molecule has 0 aliphatic rings. The van der Waals surface area contributed by atoms with Crippen molar-refractivity contribution >= 4 is 43.9 Å². The molecule has 0 bridgehead atoms. The van der Waals surface area contributed by atoms with E-state index < -0.39 is 0 Å². The van der Waals surface area contributed by atoms with Gasteiger partial charge in [0, 0.05) is 49.4 Å². The first kappa shape index (κ1) is 31.7. The van der Waals surface area contributed by atoms with E-state index in [9.17, 15) is 0 Å². The maximum absolute atomic E-state index is 6.73. The summed E-state index contributed by atoms with van der Waals surface area (Å²) in [6.07, 6.45) is 0. The number of hydrogen-bond donors (Lipinski definition) is 0. The van der Waals surface area contributed by atoms with E-state index in [1.807, 2.05) is 158 Å². The van der Waals surface area contributed by atoms with Gasteiger partial charge in [-0.2, -0.15) is 0 Å². The van der Waals surface area contributed by atoms with E-state index in [4.69, 9.17) is 38.7 Å². The Hall–Kier alpha value is -7.84. The van der Waals surface area contributed by atoms with Crippen molar-refractivity contribution in [1.82, 2.24) is 29.9 Å². The molecule has 262 valence electrons. The molecule has 8 nitrogen and oxygen atoms in total. The lowest BCUT2D eigenvalue weighted by Gasteiger charge is -2.10. The summed E-state index contributed by atoms with van der Waals surface area (Å²) in [5.74, 6) is 3.30. The molecule has 0 fully saturated rings. The van der Waals surface area contributed by atoms with Gasteiger partial charge in [-0.05, 0) is 24.3 Å². The van der Waals surface area contributed by atoms with Crippen LogP contribution in [0.1, 0.15) is 0 Å². The van der Waals surface area contributed by atoms with Crippen LogP contribution in [0.25, 0.3) is 112 Å². The van der Waals surface area contributed by atoms with Crippen LogP contribution in [-0.2, 0) is 0 Å². The van der Waals surface area contributed by atoms with Gasteiger partial charge in [-0.3, -0.25) is 0 Å². The third kappa shape index (κ3) is 5.31. The summed E-state index contributed by atoms with van der Waals surface area (Å²) < 4.78 is 13.0. The number of nitrogens with zero attached hydrogens (tertiary/aromatic N) is 6. The topological polar surface area (TPSA) is 104 Å². The Bertz CT molecular complexity index is 3190. The van der Waals surface area contributed by atoms with Crippen molar-refractivity contribution in [3.8, 4) is 68.3 Å². The number of benzene rings is 7. The highest BCUT2D eigenvalue weighted by Crippen LogP contribution is 2.41. The Balaban J connectivity index is 1.14. The number of fused-ring (bicyclic) bond motifs is 6. The van der Waals surface area contributed by atoms with Gasteiger partial charge in [0.05, 0.1) is 5.56 Å². The molecule has 4 heterocycles. The molecular formula is C48H28N6O2. The van der Waals surface area contributed by atoms with Gasteiger partial charge >= 0.3 is 0 Å². The average Bonchev–Trinajstić information content (AvgIpc) is 3.86. The molecule has 11 aromatic rings. The minimum absolute atomic E-state index is 0.512. The van der Waals surface area contributed by atoms with Crippen molar-refractivity contribution in [1.29, 1.82) is 0 Å². The minimum Gasteiger partial charge on any atom is -0.456 e. The number of para-hydroxylation sites is 2. The van der Waals surface area contributed by atoms with E-state index in [-0.39, 0.29) is 0 Å². The lowest BCUT2D eigenvalue weighted by molar-refractivity contribution is 0.669. The monoisotopic (exact) mass is 720 g/mol. The normalized spacial score (nSPS) is 11.6. The van der Waals surface area contributed by atoms with Gasteiger partial charge in [-0.25, -0.2) is 29.9 Å². The second-order valence-electron chi connectivity index (χ2n) is 13.5. The van der Waals surface area contributed by atoms with Crippen LogP contribution >= 0.6 is 0 Å². The first-order chi connectivity index (χ1) is 27.7. The average molecular weight is 721 g/mol. The molecule has 8 heteroatoms. The highest BCUT2D eigenvalue weighted by Gasteiger charge is 2.22. The van der Waals surface area contributed by atoms with E-state index in [1.165, 1.54) is 0 Å². The highest BCUT2D eigenvalue weighted by molar-refractivity contribution is 6.15. The highest BCUT2D eigenvalue weighted by atomic mass is 16.3. The van der Waals surface area contributed by atoms with E-state index in [0.717, 1.165) is 66.1 Å². The van der Waals surface area contributed by atoms with Crippen molar-refractivity contribution in [3.05, 3.63) is 170 Å². The molecule has 0 saturated heterocycles. The summed E-state index contributed by atoms with van der Waals surface area (Å²) >= 11 is 0. The fourth-order valence-corrected chi connectivity index (χ4v) is 7.43. The van der Waals surface area contributed by atoms with Crippen molar-refractivity contribution in [3.63, 3.8) is 0 Å². The molecule has 11 rings (SSSR count). The Morgan fingerprint density at radius 2 is 0.643 bits per heavy atom. The summed E-state index contributed by atoms with van der Waals surface area (Å²) in [4.78, 5) is 30.3. The molecule has 0 radical (unpaired) electrons. The fourth-order valence-electron chi connectivity index (χ4n) is 7.43. The molecule has 0 saturated carbocycles. The molecule has 0 N–H and O–H groups in total.